The number of imide groups is 2. The highest BCUT2D eigenvalue weighted by atomic mass is 32.2. The Balaban J connectivity index is 1.43. The molecule has 34 heavy (non-hydrogen) atoms. The van der Waals surface area contributed by atoms with Crippen LogP contribution < -0.4 is 0 Å². The van der Waals surface area contributed by atoms with Crippen molar-refractivity contribution in [1.29, 1.82) is 0 Å². The quantitative estimate of drug-likeness (QED) is 0.536. The van der Waals surface area contributed by atoms with Gasteiger partial charge in [-0.05, 0) is 54.9 Å². The first-order chi connectivity index (χ1) is 16.2. The van der Waals surface area contributed by atoms with E-state index < -0.39 is 33.9 Å². The number of hydrogen-bond donors (Lipinski definition) is 0. The van der Waals surface area contributed by atoms with Crippen molar-refractivity contribution in [2.45, 2.75) is 0 Å². The van der Waals surface area contributed by atoms with E-state index in [0.29, 0.717) is 23.5 Å². The zero-order valence-corrected chi connectivity index (χ0v) is 19.4. The summed E-state index contributed by atoms with van der Waals surface area (Å²) < 4.78 is 27.8. The van der Waals surface area contributed by atoms with Gasteiger partial charge in [0.05, 0.1) is 23.1 Å². The van der Waals surface area contributed by atoms with Gasteiger partial charge in [0, 0.05) is 11.1 Å². The number of thioether (sulfide) groups is 2. The Bertz CT molecular complexity index is 1170. The first-order valence-corrected chi connectivity index (χ1v) is 11.6. The summed E-state index contributed by atoms with van der Waals surface area (Å²) in [6.45, 7) is -0.374. The summed E-state index contributed by atoms with van der Waals surface area (Å²) in [6, 6.07) is 11.7. The van der Waals surface area contributed by atoms with E-state index in [9.17, 15) is 28.0 Å². The molecule has 2 aromatic carbocycles. The van der Waals surface area contributed by atoms with Crippen LogP contribution in [0, 0.1) is 11.6 Å². The van der Waals surface area contributed by atoms with Crippen molar-refractivity contribution in [2.75, 3.05) is 20.4 Å². The van der Waals surface area contributed by atoms with Crippen molar-refractivity contribution in [1.82, 2.24) is 14.7 Å². The van der Waals surface area contributed by atoms with Crippen LogP contribution in [0.15, 0.2) is 58.3 Å². The Kier molecular flexibility index (Phi) is 6.96. The van der Waals surface area contributed by atoms with Gasteiger partial charge >= 0.3 is 0 Å². The molecule has 4 rings (SSSR count). The van der Waals surface area contributed by atoms with Crippen LogP contribution in [-0.4, -0.2) is 57.4 Å². The van der Waals surface area contributed by atoms with E-state index in [4.69, 9.17) is 0 Å². The van der Waals surface area contributed by atoms with Crippen molar-refractivity contribution in [3.63, 3.8) is 0 Å². The molecule has 0 bridgehead atoms. The highest BCUT2D eigenvalue weighted by molar-refractivity contribution is 8.18. The van der Waals surface area contributed by atoms with Gasteiger partial charge in [-0.15, -0.1) is 0 Å². The number of carbonyl (C=O) groups excluding carboxylic acids is 4. The summed E-state index contributed by atoms with van der Waals surface area (Å²) in [5.41, 5.74) is 0.363. The highest BCUT2D eigenvalue weighted by Gasteiger charge is 2.39. The lowest BCUT2D eigenvalue weighted by atomic mass is 10.2. The molecule has 2 heterocycles. The monoisotopic (exact) mass is 501 g/mol. The molecule has 0 saturated carbocycles. The lowest BCUT2D eigenvalue weighted by Crippen LogP contribution is -2.45. The second-order valence-corrected chi connectivity index (χ2v) is 9.39. The van der Waals surface area contributed by atoms with Gasteiger partial charge < -0.3 is 0 Å². The smallest absolute Gasteiger partial charge is 0.270 e. The second kappa shape index (κ2) is 9.92. The molecule has 0 atom stereocenters. The molecule has 0 unspecified atom stereocenters. The molecular weight excluding hydrogens is 484 g/mol. The Labute approximate surface area is 202 Å². The van der Waals surface area contributed by atoms with Crippen molar-refractivity contribution in [2.24, 2.45) is 0 Å². The third-order valence-electron chi connectivity index (χ3n) is 4.90. The van der Waals surface area contributed by atoms with Crippen LogP contribution in [0.1, 0.15) is 11.1 Å². The largest absolute Gasteiger partial charge is 0.294 e. The molecule has 7 nitrogen and oxygen atoms in total. The van der Waals surface area contributed by atoms with E-state index in [1.165, 1.54) is 60.5 Å². The predicted octanol–water partition coefficient (Wildman–Crippen LogP) is 4.58. The lowest BCUT2D eigenvalue weighted by Gasteiger charge is -2.25. The van der Waals surface area contributed by atoms with E-state index in [-0.39, 0.29) is 34.3 Å². The van der Waals surface area contributed by atoms with E-state index in [0.717, 1.165) is 9.80 Å². The van der Waals surface area contributed by atoms with Gasteiger partial charge in [0.1, 0.15) is 11.6 Å². The van der Waals surface area contributed by atoms with E-state index in [2.05, 4.69) is 0 Å². The van der Waals surface area contributed by atoms with E-state index in [1.807, 2.05) is 0 Å². The van der Waals surface area contributed by atoms with Crippen molar-refractivity contribution in [3.8, 4) is 0 Å². The van der Waals surface area contributed by atoms with Crippen LogP contribution >= 0.6 is 23.5 Å². The maximum atomic E-state index is 13.9. The molecule has 4 amide bonds. The first-order valence-electron chi connectivity index (χ1n) is 9.93. The zero-order chi connectivity index (χ0) is 24.4. The van der Waals surface area contributed by atoms with Crippen LogP contribution in [-0.2, 0) is 9.59 Å². The van der Waals surface area contributed by atoms with Gasteiger partial charge in [0.2, 0.25) is 0 Å². The lowest BCUT2D eigenvalue weighted by molar-refractivity contribution is -0.125. The van der Waals surface area contributed by atoms with Gasteiger partial charge in [-0.2, -0.15) is 0 Å². The van der Waals surface area contributed by atoms with Crippen LogP contribution in [0.2, 0.25) is 0 Å². The molecule has 2 aliphatic rings. The molecule has 2 aromatic rings. The average molecular weight is 502 g/mol. The molecule has 2 aliphatic heterocycles. The van der Waals surface area contributed by atoms with Crippen molar-refractivity contribution >= 4 is 58.0 Å². The topological polar surface area (TPSA) is 78.0 Å². The molecule has 0 aromatic heterocycles. The third kappa shape index (κ3) is 4.96. The Morgan fingerprint density at radius 2 is 1.12 bits per heavy atom. The van der Waals surface area contributed by atoms with Crippen LogP contribution in [0.25, 0.3) is 12.2 Å². The summed E-state index contributed by atoms with van der Waals surface area (Å²) >= 11 is 1.37. The fourth-order valence-electron chi connectivity index (χ4n) is 3.24. The molecule has 0 spiro atoms. The number of benzene rings is 2. The van der Waals surface area contributed by atoms with E-state index >= 15 is 0 Å². The molecule has 11 heteroatoms. The van der Waals surface area contributed by atoms with Gasteiger partial charge in [-0.3, -0.25) is 33.9 Å². The predicted molar refractivity (Wildman–Crippen MR) is 126 cm³/mol. The minimum atomic E-state index is -0.598. The number of amides is 4. The average Bonchev–Trinajstić information content (AvgIpc) is 3.21. The molecule has 0 radical (unpaired) electrons. The minimum Gasteiger partial charge on any atom is -0.270 e. The molecular formula is C23H17F2N3O4S2. The molecule has 0 aliphatic carbocycles. The van der Waals surface area contributed by atoms with Crippen LogP contribution in [0.4, 0.5) is 18.4 Å². The maximum Gasteiger partial charge on any atom is 0.294 e. The van der Waals surface area contributed by atoms with Crippen LogP contribution in [0.3, 0.4) is 0 Å². The number of hydrogen-bond acceptors (Lipinski definition) is 7. The van der Waals surface area contributed by atoms with Gasteiger partial charge in [0.25, 0.3) is 22.3 Å². The number of nitrogens with zero attached hydrogens (tertiary/aromatic N) is 3. The highest BCUT2D eigenvalue weighted by Crippen LogP contribution is 2.34. The molecule has 174 valence electrons. The Morgan fingerprint density at radius 1 is 0.735 bits per heavy atom. The summed E-state index contributed by atoms with van der Waals surface area (Å²) in [7, 11) is 1.54. The second-order valence-electron chi connectivity index (χ2n) is 7.40. The Hall–Kier alpha value is -3.28. The summed E-state index contributed by atoms with van der Waals surface area (Å²) in [6.07, 6.45) is 2.62. The minimum absolute atomic E-state index is 0.0717. The Morgan fingerprint density at radius 3 is 1.50 bits per heavy atom. The van der Waals surface area contributed by atoms with Gasteiger partial charge in [-0.1, -0.05) is 36.4 Å². The SMILES string of the molecule is CN(CN1C(=O)SC(=Cc2ccccc2F)C1=O)CN1C(=O)SC(=Cc2ccccc2F)C1=O. The molecule has 2 saturated heterocycles. The van der Waals surface area contributed by atoms with Crippen molar-refractivity contribution in [3.05, 3.63) is 81.1 Å². The first kappa shape index (κ1) is 23.9. The summed E-state index contributed by atoms with van der Waals surface area (Å²) in [5.74, 6) is -2.24. The van der Waals surface area contributed by atoms with Gasteiger partial charge in [-0.25, -0.2) is 8.78 Å². The number of rotatable bonds is 6. The summed E-state index contributed by atoms with van der Waals surface area (Å²) in [4.78, 5) is 53.6. The van der Waals surface area contributed by atoms with Crippen molar-refractivity contribution < 1.29 is 28.0 Å². The third-order valence-corrected chi connectivity index (χ3v) is 6.71. The molecule has 0 N–H and O–H groups in total. The van der Waals surface area contributed by atoms with Gasteiger partial charge in [0.15, 0.2) is 0 Å². The zero-order valence-electron chi connectivity index (χ0n) is 17.7. The standard InChI is InChI=1S/C23H17F2N3O4S2/c1-26(12-27-20(29)18(33-22(27)31)10-14-6-2-4-8-16(14)24)13-28-21(30)19(34-23(28)32)11-15-7-3-5-9-17(15)25/h2-11H,12-13H2,1H3. The van der Waals surface area contributed by atoms with Crippen LogP contribution in [0.5, 0.6) is 0 Å². The fourth-order valence-corrected chi connectivity index (χ4v) is 4.88. The summed E-state index contributed by atoms with van der Waals surface area (Å²) in [5, 5.41) is -1.10. The number of carbonyl (C=O) groups is 4. The normalized spacial score (nSPS) is 18.9. The molecule has 2 fully saturated rings. The van der Waals surface area contributed by atoms with E-state index in [1.54, 1.807) is 12.1 Å². The number of halogens is 2. The fraction of sp³-hybridized carbons (Fsp3) is 0.130. The maximum absolute atomic E-state index is 13.9.